The van der Waals surface area contributed by atoms with Gasteiger partial charge in [-0.1, -0.05) is 42.5 Å². The van der Waals surface area contributed by atoms with Crippen LogP contribution in [0.1, 0.15) is 17.5 Å². The quantitative estimate of drug-likeness (QED) is 0.788. The van der Waals surface area contributed by atoms with E-state index < -0.39 is 0 Å². The Labute approximate surface area is 124 Å². The predicted octanol–water partition coefficient (Wildman–Crippen LogP) is 4.14. The van der Waals surface area contributed by atoms with Crippen LogP contribution in [0.2, 0.25) is 0 Å². The Morgan fingerprint density at radius 2 is 1.71 bits per heavy atom. The minimum absolute atomic E-state index is 0.102. The van der Waals surface area contributed by atoms with Crippen LogP contribution in [0.5, 0.6) is 5.75 Å². The maximum Gasteiger partial charge on any atom is 0.182 e. The van der Waals surface area contributed by atoms with Crippen LogP contribution in [0.3, 0.4) is 0 Å². The number of rotatable bonds is 3. The van der Waals surface area contributed by atoms with Crippen molar-refractivity contribution in [2.75, 3.05) is 7.11 Å². The second kappa shape index (κ2) is 5.80. The summed E-state index contributed by atoms with van der Waals surface area (Å²) in [5.41, 5.74) is 4.05. The van der Waals surface area contributed by atoms with E-state index in [1.807, 2.05) is 60.7 Å². The lowest BCUT2D eigenvalue weighted by atomic mass is 10.0. The summed E-state index contributed by atoms with van der Waals surface area (Å²) in [6.45, 7) is 0. The summed E-state index contributed by atoms with van der Waals surface area (Å²) in [5.74, 6) is 0.919. The van der Waals surface area contributed by atoms with Crippen molar-refractivity contribution in [2.24, 2.45) is 0 Å². The normalized spacial score (nSPS) is 16.1. The highest BCUT2D eigenvalue weighted by Gasteiger charge is 2.19. The Hall–Kier alpha value is -2.61. The van der Waals surface area contributed by atoms with E-state index in [9.17, 15) is 4.79 Å². The standard InChI is InChI=1S/C19H16O2/c1-21-18-9-7-14(8-10-18)11-17-12-16(13-19(17)20)15-5-3-2-4-6-15/h2-11,13H,12H2,1H3/b17-11+. The first-order valence-electron chi connectivity index (χ1n) is 6.91. The smallest absolute Gasteiger partial charge is 0.182 e. The molecule has 0 unspecified atom stereocenters. The second-order valence-corrected chi connectivity index (χ2v) is 5.02. The molecular weight excluding hydrogens is 260 g/mol. The van der Waals surface area contributed by atoms with E-state index in [0.717, 1.165) is 28.0 Å². The molecule has 0 aliphatic heterocycles. The monoisotopic (exact) mass is 276 g/mol. The molecule has 2 heteroatoms. The molecular formula is C19H16O2. The average molecular weight is 276 g/mol. The van der Waals surface area contributed by atoms with E-state index in [1.54, 1.807) is 13.2 Å². The molecule has 0 bridgehead atoms. The molecule has 2 nitrogen and oxygen atoms in total. The lowest BCUT2D eigenvalue weighted by molar-refractivity contribution is -0.110. The predicted molar refractivity (Wildman–Crippen MR) is 85.0 cm³/mol. The molecule has 0 amide bonds. The van der Waals surface area contributed by atoms with Crippen molar-refractivity contribution in [2.45, 2.75) is 6.42 Å². The molecule has 0 saturated heterocycles. The molecule has 1 aliphatic carbocycles. The maximum absolute atomic E-state index is 12.1. The average Bonchev–Trinajstić information content (AvgIpc) is 2.90. The van der Waals surface area contributed by atoms with Gasteiger partial charge in [-0.3, -0.25) is 4.79 Å². The zero-order valence-electron chi connectivity index (χ0n) is 11.9. The molecule has 104 valence electrons. The van der Waals surface area contributed by atoms with E-state index in [0.29, 0.717) is 6.42 Å². The molecule has 3 rings (SSSR count). The number of hydrogen-bond acceptors (Lipinski definition) is 2. The summed E-state index contributed by atoms with van der Waals surface area (Å²) in [6.07, 6.45) is 4.38. The van der Waals surface area contributed by atoms with Crippen LogP contribution in [0.15, 0.2) is 66.2 Å². The Kier molecular flexibility index (Phi) is 3.69. The van der Waals surface area contributed by atoms with Crippen LogP contribution in [-0.4, -0.2) is 12.9 Å². The van der Waals surface area contributed by atoms with Crippen molar-refractivity contribution in [1.82, 2.24) is 0 Å². The van der Waals surface area contributed by atoms with Crippen molar-refractivity contribution >= 4 is 17.4 Å². The van der Waals surface area contributed by atoms with Crippen molar-refractivity contribution in [3.8, 4) is 5.75 Å². The lowest BCUT2D eigenvalue weighted by Crippen LogP contribution is -1.91. The van der Waals surface area contributed by atoms with E-state index in [2.05, 4.69) is 0 Å². The van der Waals surface area contributed by atoms with Gasteiger partial charge in [0.05, 0.1) is 7.11 Å². The van der Waals surface area contributed by atoms with Crippen LogP contribution in [0, 0.1) is 0 Å². The van der Waals surface area contributed by atoms with Crippen LogP contribution in [-0.2, 0) is 4.79 Å². The van der Waals surface area contributed by atoms with E-state index in [4.69, 9.17) is 4.74 Å². The van der Waals surface area contributed by atoms with Crippen molar-refractivity contribution in [3.05, 3.63) is 77.4 Å². The van der Waals surface area contributed by atoms with Gasteiger partial charge >= 0.3 is 0 Å². The largest absolute Gasteiger partial charge is 0.497 e. The van der Waals surface area contributed by atoms with Crippen molar-refractivity contribution in [3.63, 3.8) is 0 Å². The summed E-state index contributed by atoms with van der Waals surface area (Å²) in [4.78, 5) is 12.1. The zero-order chi connectivity index (χ0) is 14.7. The van der Waals surface area contributed by atoms with Gasteiger partial charge in [0, 0.05) is 12.0 Å². The first-order chi connectivity index (χ1) is 10.3. The highest BCUT2D eigenvalue weighted by atomic mass is 16.5. The van der Waals surface area contributed by atoms with Crippen LogP contribution < -0.4 is 4.74 Å². The van der Waals surface area contributed by atoms with Crippen molar-refractivity contribution in [1.29, 1.82) is 0 Å². The Morgan fingerprint density at radius 3 is 2.38 bits per heavy atom. The first kappa shape index (κ1) is 13.4. The van der Waals surface area contributed by atoms with Gasteiger partial charge in [-0.05, 0) is 41.0 Å². The molecule has 0 spiro atoms. The maximum atomic E-state index is 12.1. The molecule has 0 saturated carbocycles. The first-order valence-corrected chi connectivity index (χ1v) is 6.91. The van der Waals surface area contributed by atoms with E-state index in [1.165, 1.54) is 0 Å². The molecule has 0 aromatic heterocycles. The van der Waals surface area contributed by atoms with Gasteiger partial charge in [-0.15, -0.1) is 0 Å². The van der Waals surface area contributed by atoms with Crippen LogP contribution >= 0.6 is 0 Å². The lowest BCUT2D eigenvalue weighted by Gasteiger charge is -2.02. The highest BCUT2D eigenvalue weighted by molar-refractivity contribution is 6.16. The molecule has 2 aromatic carbocycles. The molecule has 0 atom stereocenters. The Balaban J connectivity index is 1.82. The summed E-state index contributed by atoms with van der Waals surface area (Å²) in [6, 6.07) is 17.8. The molecule has 21 heavy (non-hydrogen) atoms. The third-order valence-electron chi connectivity index (χ3n) is 3.60. The number of carbonyl (C=O) groups excluding carboxylic acids is 1. The van der Waals surface area contributed by atoms with Crippen molar-refractivity contribution < 1.29 is 9.53 Å². The van der Waals surface area contributed by atoms with Gasteiger partial charge < -0.3 is 4.74 Å². The summed E-state index contributed by atoms with van der Waals surface area (Å²) in [5, 5.41) is 0. The van der Waals surface area contributed by atoms with E-state index >= 15 is 0 Å². The Morgan fingerprint density at radius 1 is 1.00 bits per heavy atom. The highest BCUT2D eigenvalue weighted by Crippen LogP contribution is 2.30. The SMILES string of the molecule is COc1ccc(/C=C2\CC(c3ccccc3)=CC2=O)cc1. The molecule has 0 N–H and O–H groups in total. The van der Waals surface area contributed by atoms with E-state index in [-0.39, 0.29) is 5.78 Å². The number of ketones is 1. The fourth-order valence-electron chi connectivity index (χ4n) is 2.46. The van der Waals surface area contributed by atoms with Gasteiger partial charge in [-0.25, -0.2) is 0 Å². The fraction of sp³-hybridized carbons (Fsp3) is 0.105. The number of ether oxygens (including phenoxy) is 1. The Bertz CT molecular complexity index is 707. The van der Waals surface area contributed by atoms with Gasteiger partial charge in [0.1, 0.15) is 5.75 Å². The van der Waals surface area contributed by atoms with Gasteiger partial charge in [0.25, 0.3) is 0 Å². The zero-order valence-corrected chi connectivity index (χ0v) is 11.9. The minimum Gasteiger partial charge on any atom is -0.497 e. The number of methoxy groups -OCH3 is 1. The number of allylic oxidation sites excluding steroid dienone is 3. The molecule has 0 fully saturated rings. The molecule has 1 aliphatic rings. The van der Waals surface area contributed by atoms with Crippen LogP contribution in [0.4, 0.5) is 0 Å². The molecule has 0 radical (unpaired) electrons. The second-order valence-electron chi connectivity index (χ2n) is 5.02. The fourth-order valence-corrected chi connectivity index (χ4v) is 2.46. The molecule has 0 heterocycles. The third-order valence-corrected chi connectivity index (χ3v) is 3.60. The number of carbonyl (C=O) groups is 1. The van der Waals surface area contributed by atoms with Gasteiger partial charge in [0.2, 0.25) is 0 Å². The number of benzene rings is 2. The molecule has 2 aromatic rings. The summed E-state index contributed by atoms with van der Waals surface area (Å²) >= 11 is 0. The summed E-state index contributed by atoms with van der Waals surface area (Å²) in [7, 11) is 1.64. The summed E-state index contributed by atoms with van der Waals surface area (Å²) < 4.78 is 5.14. The number of hydrogen-bond donors (Lipinski definition) is 0. The van der Waals surface area contributed by atoms with Gasteiger partial charge in [-0.2, -0.15) is 0 Å². The topological polar surface area (TPSA) is 26.3 Å². The third kappa shape index (κ3) is 2.95. The van der Waals surface area contributed by atoms with Crippen LogP contribution in [0.25, 0.3) is 11.6 Å². The van der Waals surface area contributed by atoms with Gasteiger partial charge in [0.15, 0.2) is 5.78 Å². The minimum atomic E-state index is 0.102.